The summed E-state index contributed by atoms with van der Waals surface area (Å²) in [6.45, 7) is 5.29. The summed E-state index contributed by atoms with van der Waals surface area (Å²) in [5, 5.41) is 14.4. The summed E-state index contributed by atoms with van der Waals surface area (Å²) < 4.78 is 10.6. The van der Waals surface area contributed by atoms with Crippen LogP contribution in [0.4, 0.5) is 4.79 Å². The predicted molar refractivity (Wildman–Crippen MR) is 127 cm³/mol. The van der Waals surface area contributed by atoms with Crippen LogP contribution < -0.4 is 10.6 Å². The van der Waals surface area contributed by atoms with Crippen LogP contribution in [0.5, 0.6) is 0 Å². The van der Waals surface area contributed by atoms with Crippen LogP contribution in [0.2, 0.25) is 0 Å². The van der Waals surface area contributed by atoms with Crippen LogP contribution in [0, 0.1) is 0 Å². The van der Waals surface area contributed by atoms with Gasteiger partial charge in [-0.15, -0.1) is 6.58 Å². The molecule has 0 aliphatic heterocycles. The zero-order valence-corrected chi connectivity index (χ0v) is 19.3. The van der Waals surface area contributed by atoms with Crippen LogP contribution in [-0.4, -0.2) is 55.0 Å². The number of benzene rings is 2. The smallest absolute Gasteiger partial charge is 0.407 e. The van der Waals surface area contributed by atoms with Crippen LogP contribution >= 0.6 is 0 Å². The zero-order valence-electron chi connectivity index (χ0n) is 19.3. The maximum Gasteiger partial charge on any atom is 0.407 e. The number of aliphatic carboxylic acids is 1. The van der Waals surface area contributed by atoms with Gasteiger partial charge in [-0.1, -0.05) is 54.6 Å². The number of alkyl carbamates (subject to hydrolysis) is 1. The monoisotopic (exact) mass is 466 g/mol. The molecule has 2 aromatic carbocycles. The minimum Gasteiger partial charge on any atom is -0.480 e. The van der Waals surface area contributed by atoms with E-state index in [2.05, 4.69) is 17.2 Å². The maximum absolute atomic E-state index is 12.8. The summed E-state index contributed by atoms with van der Waals surface area (Å²) in [6, 6.07) is 13.7. The van der Waals surface area contributed by atoms with E-state index in [0.29, 0.717) is 6.42 Å². The molecule has 3 atom stereocenters. The Bertz CT molecular complexity index is 1010. The van der Waals surface area contributed by atoms with Gasteiger partial charge < -0.3 is 25.2 Å². The molecule has 0 aromatic heterocycles. The van der Waals surface area contributed by atoms with Crippen molar-refractivity contribution in [2.24, 2.45) is 0 Å². The van der Waals surface area contributed by atoms with Gasteiger partial charge in [-0.2, -0.15) is 0 Å². The SMILES string of the molecule is C=CCCC(NC(=O)OCC1c2ccccc2-c2ccccc21)C(=O)N[C@H](C(=O)O)[C@@H](C)OC. The first-order valence-corrected chi connectivity index (χ1v) is 11.2. The molecular weight excluding hydrogens is 436 g/mol. The van der Waals surface area contributed by atoms with E-state index in [1.54, 1.807) is 6.08 Å². The van der Waals surface area contributed by atoms with Crippen LogP contribution in [0.3, 0.4) is 0 Å². The van der Waals surface area contributed by atoms with E-state index in [1.807, 2.05) is 48.5 Å². The lowest BCUT2D eigenvalue weighted by Crippen LogP contribution is -2.55. The number of fused-ring (bicyclic) bond motifs is 3. The lowest BCUT2D eigenvalue weighted by Gasteiger charge is -2.24. The third-order valence-electron chi connectivity index (χ3n) is 6.02. The highest BCUT2D eigenvalue weighted by atomic mass is 16.5. The molecule has 180 valence electrons. The largest absolute Gasteiger partial charge is 0.480 e. The van der Waals surface area contributed by atoms with Gasteiger partial charge in [-0.05, 0) is 42.0 Å². The number of rotatable bonds is 11. The van der Waals surface area contributed by atoms with E-state index in [-0.39, 0.29) is 18.9 Å². The number of carboxylic acid groups (broad SMARTS) is 1. The number of nitrogens with one attached hydrogen (secondary N) is 2. The molecule has 2 aromatic rings. The third-order valence-corrected chi connectivity index (χ3v) is 6.02. The van der Waals surface area contributed by atoms with Crippen molar-refractivity contribution in [2.75, 3.05) is 13.7 Å². The third kappa shape index (κ3) is 5.63. The fourth-order valence-electron chi connectivity index (χ4n) is 4.11. The molecule has 0 saturated carbocycles. The molecular formula is C26H30N2O6. The second-order valence-corrected chi connectivity index (χ2v) is 8.15. The second-order valence-electron chi connectivity index (χ2n) is 8.15. The molecule has 1 aliphatic rings. The van der Waals surface area contributed by atoms with Crippen molar-refractivity contribution in [3.05, 3.63) is 72.3 Å². The Morgan fingerprint density at radius 1 is 1.06 bits per heavy atom. The number of carbonyl (C=O) groups is 3. The van der Waals surface area contributed by atoms with Crippen molar-refractivity contribution >= 4 is 18.0 Å². The van der Waals surface area contributed by atoms with Crippen molar-refractivity contribution in [2.45, 2.75) is 43.9 Å². The first kappa shape index (κ1) is 25.0. The molecule has 3 rings (SSSR count). The number of carbonyl (C=O) groups excluding carboxylic acids is 2. The highest BCUT2D eigenvalue weighted by molar-refractivity contribution is 5.89. The molecule has 1 aliphatic carbocycles. The summed E-state index contributed by atoms with van der Waals surface area (Å²) >= 11 is 0. The summed E-state index contributed by atoms with van der Waals surface area (Å²) in [4.78, 5) is 36.9. The van der Waals surface area contributed by atoms with Crippen molar-refractivity contribution in [3.63, 3.8) is 0 Å². The average molecular weight is 467 g/mol. The Labute approximate surface area is 199 Å². The Kier molecular flexibility index (Phi) is 8.43. The molecule has 1 unspecified atom stereocenters. The molecule has 0 heterocycles. The van der Waals surface area contributed by atoms with Gasteiger partial charge in [0.15, 0.2) is 6.04 Å². The van der Waals surface area contributed by atoms with Gasteiger partial charge in [0.05, 0.1) is 6.10 Å². The molecule has 8 nitrogen and oxygen atoms in total. The lowest BCUT2D eigenvalue weighted by molar-refractivity contribution is -0.145. The van der Waals surface area contributed by atoms with E-state index in [0.717, 1.165) is 22.3 Å². The number of amides is 2. The predicted octanol–water partition coefficient (Wildman–Crippen LogP) is 3.46. The minimum atomic E-state index is -1.26. The molecule has 2 amide bonds. The highest BCUT2D eigenvalue weighted by Gasteiger charge is 2.32. The van der Waals surface area contributed by atoms with E-state index < -0.39 is 36.2 Å². The number of hydrogen-bond donors (Lipinski definition) is 3. The van der Waals surface area contributed by atoms with Crippen molar-refractivity contribution in [3.8, 4) is 11.1 Å². The van der Waals surface area contributed by atoms with Gasteiger partial charge in [0, 0.05) is 13.0 Å². The Morgan fingerprint density at radius 2 is 1.65 bits per heavy atom. The average Bonchev–Trinajstić information content (AvgIpc) is 3.16. The van der Waals surface area contributed by atoms with Gasteiger partial charge in [0.25, 0.3) is 0 Å². The minimum absolute atomic E-state index is 0.105. The van der Waals surface area contributed by atoms with Crippen LogP contribution in [-0.2, 0) is 19.1 Å². The van der Waals surface area contributed by atoms with Gasteiger partial charge in [-0.3, -0.25) is 4.79 Å². The maximum atomic E-state index is 12.8. The normalized spacial score (nSPS) is 14.8. The van der Waals surface area contributed by atoms with Crippen molar-refractivity contribution in [1.82, 2.24) is 10.6 Å². The van der Waals surface area contributed by atoms with E-state index in [9.17, 15) is 19.5 Å². The van der Waals surface area contributed by atoms with E-state index in [4.69, 9.17) is 9.47 Å². The van der Waals surface area contributed by atoms with Gasteiger partial charge in [-0.25, -0.2) is 9.59 Å². The fraction of sp³-hybridized carbons (Fsp3) is 0.346. The summed E-state index contributed by atoms with van der Waals surface area (Å²) in [6.07, 6.45) is 0.798. The fourth-order valence-corrected chi connectivity index (χ4v) is 4.11. The Morgan fingerprint density at radius 3 is 2.18 bits per heavy atom. The molecule has 0 spiro atoms. The van der Waals surface area contributed by atoms with E-state index in [1.165, 1.54) is 14.0 Å². The van der Waals surface area contributed by atoms with Crippen molar-refractivity contribution in [1.29, 1.82) is 0 Å². The standard InChI is InChI=1S/C26H30N2O6/c1-4-5-14-22(24(29)28-23(25(30)31)16(2)33-3)27-26(32)34-15-21-19-12-8-6-10-17(19)18-11-7-9-13-20(18)21/h4,6-13,16,21-23H,1,5,14-15H2,2-3H3,(H,27,32)(H,28,29)(H,30,31)/t16-,22?,23+/m1/s1. The lowest BCUT2D eigenvalue weighted by atomic mass is 9.98. The Hall–Kier alpha value is -3.65. The number of ether oxygens (including phenoxy) is 2. The van der Waals surface area contributed by atoms with Gasteiger partial charge in [0.2, 0.25) is 5.91 Å². The zero-order chi connectivity index (χ0) is 24.7. The van der Waals surface area contributed by atoms with Gasteiger partial charge in [0.1, 0.15) is 12.6 Å². The molecule has 0 bridgehead atoms. The van der Waals surface area contributed by atoms with E-state index >= 15 is 0 Å². The second kappa shape index (κ2) is 11.5. The van der Waals surface area contributed by atoms with Gasteiger partial charge >= 0.3 is 12.1 Å². The number of carboxylic acids is 1. The number of hydrogen-bond acceptors (Lipinski definition) is 5. The van der Waals surface area contributed by atoms with Crippen molar-refractivity contribution < 1.29 is 29.0 Å². The van der Waals surface area contributed by atoms with Crippen LogP contribution in [0.1, 0.15) is 36.8 Å². The quantitative estimate of drug-likeness (QED) is 0.437. The molecule has 0 fully saturated rings. The van der Waals surface area contributed by atoms with Crippen LogP contribution in [0.25, 0.3) is 11.1 Å². The molecule has 3 N–H and O–H groups in total. The topological polar surface area (TPSA) is 114 Å². The summed E-state index contributed by atoms with van der Waals surface area (Å²) in [5.74, 6) is -1.98. The summed E-state index contributed by atoms with van der Waals surface area (Å²) in [7, 11) is 1.36. The molecule has 0 radical (unpaired) electrons. The Balaban J connectivity index is 1.67. The first-order chi connectivity index (χ1) is 16.4. The molecule has 34 heavy (non-hydrogen) atoms. The molecule has 0 saturated heterocycles. The summed E-state index contributed by atoms with van der Waals surface area (Å²) in [5.41, 5.74) is 4.38. The van der Waals surface area contributed by atoms with Crippen LogP contribution in [0.15, 0.2) is 61.2 Å². The number of allylic oxidation sites excluding steroid dienone is 1. The number of methoxy groups -OCH3 is 1. The first-order valence-electron chi connectivity index (χ1n) is 11.2. The highest BCUT2D eigenvalue weighted by Crippen LogP contribution is 2.44. The molecule has 8 heteroatoms.